The minimum Gasteiger partial charge on any atom is -0.485 e. The van der Waals surface area contributed by atoms with Crippen molar-refractivity contribution in [2.75, 3.05) is 26.1 Å². The Labute approximate surface area is 152 Å². The van der Waals surface area contributed by atoms with Crippen LogP contribution in [0.3, 0.4) is 0 Å². The monoisotopic (exact) mass is 347 g/mol. The van der Waals surface area contributed by atoms with Crippen molar-refractivity contribution in [1.82, 2.24) is 0 Å². The Morgan fingerprint density at radius 1 is 1.20 bits per heavy atom. The number of nitrogens with one attached hydrogen (secondary N) is 1. The summed E-state index contributed by atoms with van der Waals surface area (Å²) in [7, 11) is 3.68. The average molecular weight is 347 g/mol. The summed E-state index contributed by atoms with van der Waals surface area (Å²) in [5, 5.41) is 3.21. The van der Waals surface area contributed by atoms with Crippen molar-refractivity contribution in [3.05, 3.63) is 23.8 Å². The van der Waals surface area contributed by atoms with Crippen molar-refractivity contribution in [1.29, 1.82) is 0 Å². The molecule has 2 aliphatic rings. The summed E-state index contributed by atoms with van der Waals surface area (Å²) in [6, 6.07) is 6.20. The van der Waals surface area contributed by atoms with E-state index in [0.29, 0.717) is 0 Å². The highest BCUT2D eigenvalue weighted by Crippen LogP contribution is 2.44. The van der Waals surface area contributed by atoms with Crippen LogP contribution in [0, 0.1) is 5.92 Å². The molecule has 2 unspecified atom stereocenters. The van der Waals surface area contributed by atoms with Crippen LogP contribution in [0.2, 0.25) is 0 Å². The van der Waals surface area contributed by atoms with E-state index in [9.17, 15) is 0 Å². The molecule has 0 spiro atoms. The topological polar surface area (TPSA) is 39.7 Å². The van der Waals surface area contributed by atoms with Gasteiger partial charge in [-0.15, -0.1) is 0 Å². The molecule has 3 rings (SSSR count). The van der Waals surface area contributed by atoms with E-state index in [1.54, 1.807) is 7.11 Å². The fraction of sp³-hybridized carbons (Fsp3) is 0.714. The van der Waals surface area contributed by atoms with Gasteiger partial charge in [0.05, 0.1) is 0 Å². The van der Waals surface area contributed by atoms with E-state index >= 15 is 0 Å². The first kappa shape index (κ1) is 18.5. The van der Waals surface area contributed by atoms with Gasteiger partial charge in [0, 0.05) is 32.0 Å². The fourth-order valence-corrected chi connectivity index (χ4v) is 4.31. The van der Waals surface area contributed by atoms with E-state index in [1.807, 2.05) is 19.2 Å². The van der Waals surface area contributed by atoms with Crippen molar-refractivity contribution in [3.63, 3.8) is 0 Å². The summed E-state index contributed by atoms with van der Waals surface area (Å²) in [4.78, 5) is 0. The molecule has 1 N–H and O–H groups in total. The molecule has 140 valence electrons. The van der Waals surface area contributed by atoms with E-state index < -0.39 is 5.60 Å². The minimum atomic E-state index is -0.418. The zero-order chi connectivity index (χ0) is 17.9. The highest BCUT2D eigenvalue weighted by molar-refractivity contribution is 5.53. The Kier molecular flexibility index (Phi) is 5.90. The fourth-order valence-electron chi connectivity index (χ4n) is 4.31. The van der Waals surface area contributed by atoms with Crippen LogP contribution in [0.25, 0.3) is 0 Å². The zero-order valence-corrected chi connectivity index (χ0v) is 16.1. The molecule has 1 saturated carbocycles. The Bertz CT molecular complexity index is 566. The molecular formula is C21H33NO3. The zero-order valence-electron chi connectivity index (χ0n) is 16.1. The van der Waals surface area contributed by atoms with Crippen LogP contribution in [0.1, 0.15) is 64.0 Å². The first-order valence-corrected chi connectivity index (χ1v) is 9.70. The molecule has 25 heavy (non-hydrogen) atoms. The Morgan fingerprint density at radius 2 is 1.96 bits per heavy atom. The van der Waals surface area contributed by atoms with Crippen LogP contribution in [0.5, 0.6) is 5.75 Å². The van der Waals surface area contributed by atoms with E-state index in [2.05, 4.69) is 25.2 Å². The quantitative estimate of drug-likeness (QED) is 0.791. The Morgan fingerprint density at radius 3 is 2.64 bits per heavy atom. The van der Waals surface area contributed by atoms with Crippen LogP contribution in [0.4, 0.5) is 5.69 Å². The molecule has 0 aromatic heterocycles. The van der Waals surface area contributed by atoms with Crippen molar-refractivity contribution in [2.24, 2.45) is 5.92 Å². The molecule has 1 aromatic rings. The smallest absolute Gasteiger partial charge is 0.132 e. The van der Waals surface area contributed by atoms with Gasteiger partial charge < -0.3 is 19.5 Å². The summed E-state index contributed by atoms with van der Waals surface area (Å²) in [6.07, 6.45) is 7.80. The summed E-state index contributed by atoms with van der Waals surface area (Å²) in [5.74, 6) is 1.73. The lowest BCUT2D eigenvalue weighted by Gasteiger charge is -2.44. The molecule has 0 saturated heterocycles. The Balaban J connectivity index is 1.76. The molecule has 4 heteroatoms. The van der Waals surface area contributed by atoms with E-state index in [1.165, 1.54) is 32.1 Å². The summed E-state index contributed by atoms with van der Waals surface area (Å²) >= 11 is 0. The van der Waals surface area contributed by atoms with E-state index in [-0.39, 0.29) is 12.2 Å². The normalized spacial score (nSPS) is 25.9. The standard InChI is InChI=1S/C21H33NO3/c1-21(2)20(23-4)19(24-13-12-15-8-6-5-7-9-15)17-14-16(22-3)10-11-18(17)25-21/h10-11,14-15,19-20,22H,5-9,12-13H2,1-4H3. The van der Waals surface area contributed by atoms with Crippen molar-refractivity contribution in [2.45, 2.75) is 70.2 Å². The van der Waals surface area contributed by atoms with E-state index in [0.717, 1.165) is 35.9 Å². The lowest BCUT2D eigenvalue weighted by atomic mass is 9.86. The molecule has 1 aromatic carbocycles. The van der Waals surface area contributed by atoms with Gasteiger partial charge in [-0.05, 0) is 44.4 Å². The van der Waals surface area contributed by atoms with E-state index in [4.69, 9.17) is 14.2 Å². The highest BCUT2D eigenvalue weighted by atomic mass is 16.6. The third kappa shape index (κ3) is 4.12. The predicted molar refractivity (Wildman–Crippen MR) is 101 cm³/mol. The largest absolute Gasteiger partial charge is 0.485 e. The number of ether oxygens (including phenoxy) is 3. The van der Waals surface area contributed by atoms with Crippen molar-refractivity contribution in [3.8, 4) is 5.75 Å². The van der Waals surface area contributed by atoms with Gasteiger partial charge in [0.2, 0.25) is 0 Å². The van der Waals surface area contributed by atoms with Gasteiger partial charge in [-0.2, -0.15) is 0 Å². The maximum Gasteiger partial charge on any atom is 0.132 e. The molecule has 0 amide bonds. The summed E-state index contributed by atoms with van der Waals surface area (Å²) in [6.45, 7) is 4.94. The Hall–Kier alpha value is -1.26. The summed E-state index contributed by atoms with van der Waals surface area (Å²) < 4.78 is 18.5. The minimum absolute atomic E-state index is 0.0966. The van der Waals surface area contributed by atoms with Crippen LogP contribution in [0.15, 0.2) is 18.2 Å². The second-order valence-electron chi connectivity index (χ2n) is 7.95. The van der Waals surface area contributed by atoms with Crippen molar-refractivity contribution >= 4 is 5.69 Å². The predicted octanol–water partition coefficient (Wildman–Crippen LogP) is 4.94. The first-order chi connectivity index (χ1) is 12.0. The number of fused-ring (bicyclic) bond motifs is 1. The maximum absolute atomic E-state index is 6.42. The second kappa shape index (κ2) is 7.96. The van der Waals surface area contributed by atoms with Crippen LogP contribution < -0.4 is 10.1 Å². The molecule has 1 fully saturated rings. The van der Waals surface area contributed by atoms with Crippen LogP contribution in [-0.4, -0.2) is 32.5 Å². The molecule has 1 heterocycles. The van der Waals surface area contributed by atoms with Crippen molar-refractivity contribution < 1.29 is 14.2 Å². The number of hydrogen-bond acceptors (Lipinski definition) is 4. The highest BCUT2D eigenvalue weighted by Gasteiger charge is 2.45. The number of rotatable bonds is 6. The van der Waals surface area contributed by atoms with Gasteiger partial charge in [0.25, 0.3) is 0 Å². The summed E-state index contributed by atoms with van der Waals surface area (Å²) in [5.41, 5.74) is 1.73. The number of benzene rings is 1. The maximum atomic E-state index is 6.42. The SMILES string of the molecule is CNc1ccc2c(c1)C(OCCC1CCCCC1)C(OC)C(C)(C)O2. The lowest BCUT2D eigenvalue weighted by molar-refractivity contribution is -0.151. The number of methoxy groups -OCH3 is 1. The van der Waals surface area contributed by atoms with Gasteiger partial charge in [0.15, 0.2) is 0 Å². The average Bonchev–Trinajstić information content (AvgIpc) is 2.61. The van der Waals surface area contributed by atoms with Gasteiger partial charge in [-0.3, -0.25) is 0 Å². The lowest BCUT2D eigenvalue weighted by Crippen LogP contribution is -2.50. The van der Waals surface area contributed by atoms with Crippen LogP contribution >= 0.6 is 0 Å². The van der Waals surface area contributed by atoms with Gasteiger partial charge in [-0.25, -0.2) is 0 Å². The molecule has 0 radical (unpaired) electrons. The van der Waals surface area contributed by atoms with Gasteiger partial charge in [-0.1, -0.05) is 32.1 Å². The molecule has 0 bridgehead atoms. The first-order valence-electron chi connectivity index (χ1n) is 9.70. The molecule has 1 aliphatic heterocycles. The molecule has 1 aliphatic carbocycles. The third-order valence-corrected chi connectivity index (χ3v) is 5.74. The van der Waals surface area contributed by atoms with Gasteiger partial charge >= 0.3 is 0 Å². The number of anilines is 1. The second-order valence-corrected chi connectivity index (χ2v) is 7.95. The van der Waals surface area contributed by atoms with Gasteiger partial charge in [0.1, 0.15) is 23.6 Å². The van der Waals surface area contributed by atoms with Crippen LogP contribution in [-0.2, 0) is 9.47 Å². The molecule has 2 atom stereocenters. The molecular weight excluding hydrogens is 314 g/mol. The number of hydrogen-bond donors (Lipinski definition) is 1. The molecule has 4 nitrogen and oxygen atoms in total. The third-order valence-electron chi connectivity index (χ3n) is 5.74.